The molecule has 2 amide bonds. The molecule has 0 aliphatic carbocycles. The third-order valence-corrected chi connectivity index (χ3v) is 3.82. The van der Waals surface area contributed by atoms with E-state index in [1.807, 2.05) is 6.92 Å². The van der Waals surface area contributed by atoms with Crippen LogP contribution in [-0.4, -0.2) is 29.8 Å². The molecular weight excluding hydrogens is 309 g/mol. The number of nitrogens with one attached hydrogen (secondary N) is 1. The Labute approximate surface area is 132 Å². The number of benzene rings is 1. The normalized spacial score (nSPS) is 18.3. The molecule has 126 valence electrons. The van der Waals surface area contributed by atoms with Crippen LogP contribution in [-0.2, 0) is 15.8 Å². The van der Waals surface area contributed by atoms with E-state index < -0.39 is 23.6 Å². The van der Waals surface area contributed by atoms with Gasteiger partial charge < -0.3 is 10.2 Å². The summed E-state index contributed by atoms with van der Waals surface area (Å²) in [6.45, 7) is 2.95. The van der Waals surface area contributed by atoms with E-state index >= 15 is 0 Å². The maximum Gasteiger partial charge on any atom is 0.416 e. The Hall–Kier alpha value is -2.05. The standard InChI is InChI=1S/C16H19F3N2O2/c1-2-3-7-21-10-11(8-14(21)22)15(23)20-13-6-4-5-12(9-13)16(17,18)19/h4-6,9,11H,2-3,7-8,10H2,1H3,(H,20,23). The highest BCUT2D eigenvalue weighted by atomic mass is 19.4. The summed E-state index contributed by atoms with van der Waals surface area (Å²) in [5, 5.41) is 2.48. The first-order valence-electron chi connectivity index (χ1n) is 7.57. The van der Waals surface area contributed by atoms with Gasteiger partial charge in [-0.2, -0.15) is 13.2 Å². The first kappa shape index (κ1) is 17.3. The molecule has 4 nitrogen and oxygen atoms in total. The van der Waals surface area contributed by atoms with Gasteiger partial charge in [0.15, 0.2) is 0 Å². The van der Waals surface area contributed by atoms with E-state index in [0.717, 1.165) is 25.0 Å². The number of rotatable bonds is 5. The molecule has 0 saturated carbocycles. The molecular formula is C16H19F3N2O2. The highest BCUT2D eigenvalue weighted by molar-refractivity contribution is 5.97. The predicted octanol–water partition coefficient (Wildman–Crippen LogP) is 3.29. The van der Waals surface area contributed by atoms with Crippen molar-refractivity contribution in [1.82, 2.24) is 4.90 Å². The zero-order valence-corrected chi connectivity index (χ0v) is 12.8. The van der Waals surface area contributed by atoms with Crippen LogP contribution >= 0.6 is 0 Å². The van der Waals surface area contributed by atoms with Gasteiger partial charge >= 0.3 is 6.18 Å². The van der Waals surface area contributed by atoms with Crippen LogP contribution in [0.2, 0.25) is 0 Å². The van der Waals surface area contributed by atoms with Crippen molar-refractivity contribution in [2.45, 2.75) is 32.4 Å². The molecule has 0 aromatic heterocycles. The molecule has 1 aliphatic rings. The number of alkyl halides is 3. The average Bonchev–Trinajstić information content (AvgIpc) is 2.86. The Morgan fingerprint density at radius 2 is 2.13 bits per heavy atom. The van der Waals surface area contributed by atoms with Crippen LogP contribution in [0.15, 0.2) is 24.3 Å². The molecule has 1 aliphatic heterocycles. The number of amides is 2. The predicted molar refractivity (Wildman–Crippen MR) is 79.7 cm³/mol. The van der Waals surface area contributed by atoms with E-state index in [1.54, 1.807) is 4.90 Å². The van der Waals surface area contributed by atoms with E-state index in [-0.39, 0.29) is 18.0 Å². The molecule has 1 unspecified atom stereocenters. The van der Waals surface area contributed by atoms with Crippen LogP contribution in [0.3, 0.4) is 0 Å². The minimum atomic E-state index is -4.46. The Kier molecular flexibility index (Phi) is 5.28. The lowest BCUT2D eigenvalue weighted by Gasteiger charge is -2.16. The molecule has 1 N–H and O–H groups in total. The second-order valence-corrected chi connectivity index (χ2v) is 5.66. The third-order valence-electron chi connectivity index (χ3n) is 3.82. The van der Waals surface area contributed by atoms with Crippen molar-refractivity contribution in [3.63, 3.8) is 0 Å². The van der Waals surface area contributed by atoms with Crippen LogP contribution in [0, 0.1) is 5.92 Å². The van der Waals surface area contributed by atoms with Crippen molar-refractivity contribution in [1.29, 1.82) is 0 Å². The van der Waals surface area contributed by atoms with Gasteiger partial charge in [0.1, 0.15) is 0 Å². The number of carbonyl (C=O) groups excluding carboxylic acids is 2. The van der Waals surface area contributed by atoms with E-state index in [9.17, 15) is 22.8 Å². The minimum absolute atomic E-state index is 0.0809. The lowest BCUT2D eigenvalue weighted by Crippen LogP contribution is -2.29. The molecule has 2 rings (SSSR count). The summed E-state index contributed by atoms with van der Waals surface area (Å²) in [7, 11) is 0. The van der Waals surface area contributed by atoms with Gasteiger partial charge in [-0.05, 0) is 24.6 Å². The fourth-order valence-corrected chi connectivity index (χ4v) is 2.53. The highest BCUT2D eigenvalue weighted by Crippen LogP contribution is 2.31. The Morgan fingerprint density at radius 1 is 1.39 bits per heavy atom. The van der Waals surface area contributed by atoms with Crippen LogP contribution in [0.5, 0.6) is 0 Å². The number of hydrogen-bond donors (Lipinski definition) is 1. The van der Waals surface area contributed by atoms with Crippen LogP contribution in [0.25, 0.3) is 0 Å². The van der Waals surface area contributed by atoms with E-state index in [2.05, 4.69) is 5.32 Å². The van der Waals surface area contributed by atoms with Crippen molar-refractivity contribution in [3.8, 4) is 0 Å². The second kappa shape index (κ2) is 7.02. The summed E-state index contributed by atoms with van der Waals surface area (Å²) in [6, 6.07) is 4.48. The largest absolute Gasteiger partial charge is 0.416 e. The molecule has 1 aromatic rings. The summed E-state index contributed by atoms with van der Waals surface area (Å²) < 4.78 is 38.0. The van der Waals surface area contributed by atoms with Gasteiger partial charge in [0.05, 0.1) is 11.5 Å². The van der Waals surface area contributed by atoms with Crippen molar-refractivity contribution < 1.29 is 22.8 Å². The molecule has 1 heterocycles. The number of halogens is 3. The number of carbonyl (C=O) groups is 2. The van der Waals surface area contributed by atoms with Crippen molar-refractivity contribution in [2.24, 2.45) is 5.92 Å². The molecule has 1 atom stereocenters. The first-order chi connectivity index (χ1) is 10.8. The molecule has 0 spiro atoms. The SMILES string of the molecule is CCCCN1CC(C(=O)Nc2cccc(C(F)(F)F)c2)CC1=O. The Balaban J connectivity index is 1.99. The van der Waals surface area contributed by atoms with Crippen LogP contribution < -0.4 is 5.32 Å². The van der Waals surface area contributed by atoms with E-state index in [4.69, 9.17) is 0 Å². The molecule has 7 heteroatoms. The van der Waals surface area contributed by atoms with Gasteiger partial charge in [0, 0.05) is 25.2 Å². The summed E-state index contributed by atoms with van der Waals surface area (Å²) in [5.74, 6) is -1.02. The summed E-state index contributed by atoms with van der Waals surface area (Å²) in [6.07, 6.45) is -2.53. The van der Waals surface area contributed by atoms with Crippen molar-refractivity contribution in [2.75, 3.05) is 18.4 Å². The van der Waals surface area contributed by atoms with Gasteiger partial charge in [0.25, 0.3) is 0 Å². The highest BCUT2D eigenvalue weighted by Gasteiger charge is 2.34. The fraction of sp³-hybridized carbons (Fsp3) is 0.500. The van der Waals surface area contributed by atoms with Gasteiger partial charge in [-0.15, -0.1) is 0 Å². The van der Waals surface area contributed by atoms with Gasteiger partial charge in [-0.25, -0.2) is 0 Å². The summed E-state index contributed by atoms with van der Waals surface area (Å²) in [4.78, 5) is 25.6. The molecule has 0 bridgehead atoms. The van der Waals surface area contributed by atoms with E-state index in [1.165, 1.54) is 12.1 Å². The number of nitrogens with zero attached hydrogens (tertiary/aromatic N) is 1. The van der Waals surface area contributed by atoms with Crippen molar-refractivity contribution in [3.05, 3.63) is 29.8 Å². The maximum atomic E-state index is 12.7. The van der Waals surface area contributed by atoms with Gasteiger partial charge in [0.2, 0.25) is 11.8 Å². The lowest BCUT2D eigenvalue weighted by atomic mass is 10.1. The lowest BCUT2D eigenvalue weighted by molar-refractivity contribution is -0.137. The second-order valence-electron chi connectivity index (χ2n) is 5.66. The Bertz CT molecular complexity index is 587. The number of likely N-dealkylation sites (tertiary alicyclic amines) is 1. The third kappa shape index (κ3) is 4.46. The smallest absolute Gasteiger partial charge is 0.342 e. The molecule has 23 heavy (non-hydrogen) atoms. The molecule has 0 radical (unpaired) electrons. The molecule has 1 fully saturated rings. The van der Waals surface area contributed by atoms with Crippen LogP contribution in [0.1, 0.15) is 31.7 Å². The fourth-order valence-electron chi connectivity index (χ4n) is 2.53. The van der Waals surface area contributed by atoms with Gasteiger partial charge in [-0.1, -0.05) is 19.4 Å². The van der Waals surface area contributed by atoms with E-state index in [0.29, 0.717) is 13.1 Å². The topological polar surface area (TPSA) is 49.4 Å². The first-order valence-corrected chi connectivity index (χ1v) is 7.57. The molecule has 1 aromatic carbocycles. The summed E-state index contributed by atoms with van der Waals surface area (Å²) >= 11 is 0. The quantitative estimate of drug-likeness (QED) is 0.902. The number of hydrogen-bond acceptors (Lipinski definition) is 2. The van der Waals surface area contributed by atoms with Crippen molar-refractivity contribution >= 4 is 17.5 Å². The number of anilines is 1. The van der Waals surface area contributed by atoms with Crippen LogP contribution in [0.4, 0.5) is 18.9 Å². The van der Waals surface area contributed by atoms with Gasteiger partial charge in [-0.3, -0.25) is 9.59 Å². The molecule has 1 saturated heterocycles. The zero-order valence-electron chi connectivity index (χ0n) is 12.8. The minimum Gasteiger partial charge on any atom is -0.342 e. The number of unbranched alkanes of at least 4 members (excludes halogenated alkanes) is 1. The summed E-state index contributed by atoms with van der Waals surface area (Å²) in [5.41, 5.74) is -0.730. The zero-order chi connectivity index (χ0) is 17.0. The maximum absolute atomic E-state index is 12.7. The monoisotopic (exact) mass is 328 g/mol. The average molecular weight is 328 g/mol. The Morgan fingerprint density at radius 3 is 2.78 bits per heavy atom.